The molecule has 3 aromatic rings. The van der Waals surface area contributed by atoms with E-state index < -0.39 is 0 Å². The van der Waals surface area contributed by atoms with E-state index in [0.717, 1.165) is 21.6 Å². The van der Waals surface area contributed by atoms with Crippen LogP contribution in [0, 0.1) is 0 Å². The zero-order valence-electron chi connectivity index (χ0n) is 11.7. The van der Waals surface area contributed by atoms with Gasteiger partial charge in [-0.05, 0) is 25.1 Å². The van der Waals surface area contributed by atoms with E-state index in [0.29, 0.717) is 5.02 Å². The number of benzene rings is 2. The fourth-order valence-electron chi connectivity index (χ4n) is 2.10. The number of thiazole rings is 1. The molecule has 3 nitrogen and oxygen atoms in total. The van der Waals surface area contributed by atoms with Gasteiger partial charge < -0.3 is 4.57 Å². The van der Waals surface area contributed by atoms with E-state index in [4.69, 9.17) is 11.6 Å². The number of aromatic nitrogens is 1. The summed E-state index contributed by atoms with van der Waals surface area (Å²) in [7, 11) is 2.00. The molecule has 0 atom stereocenters. The lowest BCUT2D eigenvalue weighted by Crippen LogP contribution is -2.09. The second-order valence-corrected chi connectivity index (χ2v) is 6.09. The summed E-state index contributed by atoms with van der Waals surface area (Å²) >= 11 is 7.79. The summed E-state index contributed by atoms with van der Waals surface area (Å²) in [5.41, 5.74) is 2.87. The first kappa shape index (κ1) is 14.0. The predicted molar refractivity (Wildman–Crippen MR) is 90.0 cm³/mol. The number of para-hydroxylation sites is 1. The van der Waals surface area contributed by atoms with Gasteiger partial charge in [-0.1, -0.05) is 53.3 Å². The Morgan fingerprint density at radius 2 is 1.81 bits per heavy atom. The number of halogens is 1. The van der Waals surface area contributed by atoms with Gasteiger partial charge in [-0.15, -0.1) is 5.10 Å². The van der Waals surface area contributed by atoms with E-state index in [1.54, 1.807) is 11.3 Å². The highest BCUT2D eigenvalue weighted by Crippen LogP contribution is 2.17. The van der Waals surface area contributed by atoms with Crippen molar-refractivity contribution >= 4 is 38.9 Å². The zero-order valence-corrected chi connectivity index (χ0v) is 13.3. The van der Waals surface area contributed by atoms with Gasteiger partial charge in [0.15, 0.2) is 0 Å². The maximum atomic E-state index is 6.17. The Bertz CT molecular complexity index is 890. The third-order valence-electron chi connectivity index (χ3n) is 3.26. The molecule has 1 heterocycles. The average Bonchev–Trinajstić information content (AvgIpc) is 2.82. The summed E-state index contributed by atoms with van der Waals surface area (Å²) < 4.78 is 3.24. The molecule has 1 aromatic heterocycles. The zero-order chi connectivity index (χ0) is 14.8. The van der Waals surface area contributed by atoms with Crippen LogP contribution in [-0.4, -0.2) is 10.3 Å². The third kappa shape index (κ3) is 2.77. The second kappa shape index (κ2) is 5.84. The van der Waals surface area contributed by atoms with E-state index >= 15 is 0 Å². The van der Waals surface area contributed by atoms with Crippen molar-refractivity contribution in [3.05, 3.63) is 63.9 Å². The van der Waals surface area contributed by atoms with Crippen molar-refractivity contribution in [3.8, 4) is 0 Å². The largest absolute Gasteiger partial charge is 0.318 e. The minimum atomic E-state index is 0.690. The molecular formula is C16H14ClN3S. The van der Waals surface area contributed by atoms with Crippen molar-refractivity contribution in [1.82, 2.24) is 4.57 Å². The minimum absolute atomic E-state index is 0.690. The normalized spacial score (nSPS) is 13.1. The van der Waals surface area contributed by atoms with Gasteiger partial charge >= 0.3 is 0 Å². The molecule has 0 aliphatic carbocycles. The van der Waals surface area contributed by atoms with E-state index in [2.05, 4.69) is 22.3 Å². The summed E-state index contributed by atoms with van der Waals surface area (Å²) in [6.45, 7) is 1.91. The Morgan fingerprint density at radius 1 is 1.10 bits per heavy atom. The maximum Gasteiger partial charge on any atom is 0.211 e. The molecule has 0 spiro atoms. The van der Waals surface area contributed by atoms with Crippen LogP contribution in [0.3, 0.4) is 0 Å². The van der Waals surface area contributed by atoms with Crippen LogP contribution in [0.1, 0.15) is 12.5 Å². The van der Waals surface area contributed by atoms with Crippen LogP contribution >= 0.6 is 22.9 Å². The molecule has 21 heavy (non-hydrogen) atoms. The van der Waals surface area contributed by atoms with Gasteiger partial charge in [0.2, 0.25) is 4.80 Å². The number of fused-ring (bicyclic) bond motifs is 1. The fraction of sp³-hybridized carbons (Fsp3) is 0.125. The minimum Gasteiger partial charge on any atom is -0.318 e. The van der Waals surface area contributed by atoms with Crippen LogP contribution < -0.4 is 4.80 Å². The Hall–Kier alpha value is -1.91. The monoisotopic (exact) mass is 315 g/mol. The average molecular weight is 316 g/mol. The molecule has 0 saturated carbocycles. The second-order valence-electron chi connectivity index (χ2n) is 4.68. The highest BCUT2D eigenvalue weighted by atomic mass is 35.5. The lowest BCUT2D eigenvalue weighted by molar-refractivity contribution is 0.888. The van der Waals surface area contributed by atoms with Gasteiger partial charge in [-0.2, -0.15) is 5.10 Å². The van der Waals surface area contributed by atoms with Gasteiger partial charge in [-0.25, -0.2) is 0 Å². The van der Waals surface area contributed by atoms with Gasteiger partial charge in [-0.3, -0.25) is 0 Å². The molecule has 0 unspecified atom stereocenters. The van der Waals surface area contributed by atoms with Gasteiger partial charge in [0, 0.05) is 17.6 Å². The molecule has 0 N–H and O–H groups in total. The molecule has 0 saturated heterocycles. The summed E-state index contributed by atoms with van der Waals surface area (Å²) in [5.74, 6) is 0. The molecule has 106 valence electrons. The van der Waals surface area contributed by atoms with Crippen molar-refractivity contribution in [2.75, 3.05) is 0 Å². The van der Waals surface area contributed by atoms with Crippen LogP contribution in [0.25, 0.3) is 10.2 Å². The number of nitrogens with zero attached hydrogens (tertiary/aromatic N) is 3. The standard InChI is InChI=1S/C16H14ClN3S/c1-11(12-7-3-4-8-13(12)17)18-19-16-20(2)14-9-5-6-10-15(14)21-16/h3-10H,1-2H3. The Labute approximate surface area is 131 Å². The molecule has 0 fully saturated rings. The topological polar surface area (TPSA) is 29.6 Å². The molecule has 3 rings (SSSR count). The van der Waals surface area contributed by atoms with Crippen molar-refractivity contribution in [2.24, 2.45) is 17.3 Å². The van der Waals surface area contributed by atoms with E-state index in [1.807, 2.05) is 54.9 Å². The van der Waals surface area contributed by atoms with Crippen LogP contribution in [0.15, 0.2) is 58.7 Å². The van der Waals surface area contributed by atoms with Crippen molar-refractivity contribution < 1.29 is 0 Å². The number of hydrogen-bond acceptors (Lipinski definition) is 3. The first-order chi connectivity index (χ1) is 10.2. The number of aryl methyl sites for hydroxylation is 1. The molecule has 2 aromatic carbocycles. The molecule has 0 radical (unpaired) electrons. The number of rotatable bonds is 2. The lowest BCUT2D eigenvalue weighted by atomic mass is 10.1. The lowest BCUT2D eigenvalue weighted by Gasteiger charge is -2.00. The third-order valence-corrected chi connectivity index (χ3v) is 4.70. The van der Waals surface area contributed by atoms with Crippen LogP contribution in [0.4, 0.5) is 0 Å². The Morgan fingerprint density at radius 3 is 2.57 bits per heavy atom. The molecule has 0 aliphatic heterocycles. The summed E-state index contributed by atoms with van der Waals surface area (Å²) in [6.07, 6.45) is 0. The van der Waals surface area contributed by atoms with Gasteiger partial charge in [0.1, 0.15) is 0 Å². The Balaban J connectivity index is 2.07. The fourth-order valence-corrected chi connectivity index (χ4v) is 3.35. The van der Waals surface area contributed by atoms with Gasteiger partial charge in [0.05, 0.1) is 15.9 Å². The first-order valence-corrected chi connectivity index (χ1v) is 7.74. The van der Waals surface area contributed by atoms with E-state index in [9.17, 15) is 0 Å². The van der Waals surface area contributed by atoms with Crippen LogP contribution in [0.5, 0.6) is 0 Å². The SMILES string of the molecule is CC(=NN=c1sc2ccccc2n1C)c1ccccc1Cl. The summed E-state index contributed by atoms with van der Waals surface area (Å²) in [5, 5.41) is 9.39. The predicted octanol–water partition coefficient (Wildman–Crippen LogP) is 4.22. The summed E-state index contributed by atoms with van der Waals surface area (Å²) in [6, 6.07) is 15.9. The summed E-state index contributed by atoms with van der Waals surface area (Å²) in [4.78, 5) is 0.864. The van der Waals surface area contributed by atoms with Crippen molar-refractivity contribution in [2.45, 2.75) is 6.92 Å². The Kier molecular flexibility index (Phi) is 3.90. The van der Waals surface area contributed by atoms with Crippen LogP contribution in [0.2, 0.25) is 5.02 Å². The number of hydrogen-bond donors (Lipinski definition) is 0. The highest BCUT2D eigenvalue weighted by Gasteiger charge is 2.03. The molecule has 0 bridgehead atoms. The van der Waals surface area contributed by atoms with E-state index in [1.165, 1.54) is 4.70 Å². The molecule has 5 heteroatoms. The maximum absolute atomic E-state index is 6.17. The highest BCUT2D eigenvalue weighted by molar-refractivity contribution is 7.16. The van der Waals surface area contributed by atoms with Crippen molar-refractivity contribution in [3.63, 3.8) is 0 Å². The van der Waals surface area contributed by atoms with Crippen molar-refractivity contribution in [1.29, 1.82) is 0 Å². The molecular weight excluding hydrogens is 302 g/mol. The molecule has 0 aliphatic rings. The van der Waals surface area contributed by atoms with Crippen LogP contribution in [-0.2, 0) is 7.05 Å². The van der Waals surface area contributed by atoms with Gasteiger partial charge in [0.25, 0.3) is 0 Å². The smallest absolute Gasteiger partial charge is 0.211 e. The first-order valence-electron chi connectivity index (χ1n) is 6.54. The molecule has 0 amide bonds. The van der Waals surface area contributed by atoms with E-state index in [-0.39, 0.29) is 0 Å². The quantitative estimate of drug-likeness (QED) is 0.501.